The van der Waals surface area contributed by atoms with E-state index in [1.165, 1.54) is 43.4 Å². The number of halogens is 2. The molecule has 1 saturated heterocycles. The first kappa shape index (κ1) is 26.2. The van der Waals surface area contributed by atoms with Crippen molar-refractivity contribution in [2.45, 2.75) is 19.3 Å². The Morgan fingerprint density at radius 1 is 1.05 bits per heavy atom. The van der Waals surface area contributed by atoms with Gasteiger partial charge in [-0.25, -0.2) is 18.7 Å². The van der Waals surface area contributed by atoms with E-state index in [2.05, 4.69) is 32.1 Å². The van der Waals surface area contributed by atoms with Crippen LogP contribution in [0.5, 0.6) is 5.75 Å². The second-order valence-corrected chi connectivity index (χ2v) is 9.33. The fourth-order valence-corrected chi connectivity index (χ4v) is 4.72. The van der Waals surface area contributed by atoms with Crippen LogP contribution in [0.4, 0.5) is 26.0 Å². The highest BCUT2D eigenvalue weighted by molar-refractivity contribution is 6.03. The Morgan fingerprint density at radius 2 is 1.82 bits per heavy atom. The molecule has 1 aliphatic heterocycles. The highest BCUT2D eigenvalue weighted by atomic mass is 19.1. The smallest absolute Gasteiger partial charge is 0.247 e. The lowest BCUT2D eigenvalue weighted by Gasteiger charge is -2.17. The summed E-state index contributed by atoms with van der Waals surface area (Å²) in [4.78, 5) is 23.4. The zero-order chi connectivity index (χ0) is 27.2. The molecule has 3 aromatic carbocycles. The SMILES string of the molecule is C=CC(=O)Nc1cc2c(Nc3cccc(-c4c(F)cccc4F)c3)ncnc2cc1OCCCN1CCCC1. The summed E-state index contributed by atoms with van der Waals surface area (Å²) in [5, 5.41) is 6.66. The van der Waals surface area contributed by atoms with Gasteiger partial charge in [0, 0.05) is 23.7 Å². The van der Waals surface area contributed by atoms with Crippen LogP contribution < -0.4 is 15.4 Å². The van der Waals surface area contributed by atoms with Gasteiger partial charge in [0.1, 0.15) is 29.5 Å². The second-order valence-electron chi connectivity index (χ2n) is 9.33. The minimum absolute atomic E-state index is 0.102. The predicted molar refractivity (Wildman–Crippen MR) is 149 cm³/mol. The first-order chi connectivity index (χ1) is 19.0. The van der Waals surface area contributed by atoms with Gasteiger partial charge in [0.25, 0.3) is 0 Å². The fraction of sp³-hybridized carbons (Fsp3) is 0.233. The van der Waals surface area contributed by atoms with E-state index in [0.717, 1.165) is 26.1 Å². The summed E-state index contributed by atoms with van der Waals surface area (Å²) in [5.41, 5.74) is 1.93. The number of carbonyl (C=O) groups is 1. The Balaban J connectivity index is 1.42. The molecular formula is C30H29F2N5O2. The zero-order valence-electron chi connectivity index (χ0n) is 21.4. The van der Waals surface area contributed by atoms with Crippen LogP contribution in [-0.4, -0.2) is 47.0 Å². The first-order valence-electron chi connectivity index (χ1n) is 12.9. The fourth-order valence-electron chi connectivity index (χ4n) is 4.72. The van der Waals surface area contributed by atoms with E-state index < -0.39 is 11.6 Å². The number of carbonyl (C=O) groups excluding carboxylic acids is 1. The highest BCUT2D eigenvalue weighted by Gasteiger charge is 2.16. The van der Waals surface area contributed by atoms with E-state index in [1.54, 1.807) is 36.4 Å². The van der Waals surface area contributed by atoms with Crippen molar-refractivity contribution in [3.05, 3.63) is 85.2 Å². The number of likely N-dealkylation sites (tertiary alicyclic amines) is 1. The van der Waals surface area contributed by atoms with Gasteiger partial charge in [-0.3, -0.25) is 4.79 Å². The van der Waals surface area contributed by atoms with Gasteiger partial charge in [-0.2, -0.15) is 0 Å². The number of nitrogens with one attached hydrogen (secondary N) is 2. The molecule has 1 aliphatic rings. The van der Waals surface area contributed by atoms with E-state index in [9.17, 15) is 13.6 Å². The average Bonchev–Trinajstić information content (AvgIpc) is 3.45. The quantitative estimate of drug-likeness (QED) is 0.185. The topological polar surface area (TPSA) is 79.4 Å². The summed E-state index contributed by atoms with van der Waals surface area (Å²) in [7, 11) is 0. The highest BCUT2D eigenvalue weighted by Crippen LogP contribution is 2.34. The first-order valence-corrected chi connectivity index (χ1v) is 12.9. The standard InChI is InChI=1S/C30H29F2N5O2/c1-2-28(38)36-26-17-22-25(18-27(26)39-15-7-14-37-12-3-4-13-37)33-19-34-30(22)35-21-9-5-8-20(16-21)29-23(31)10-6-11-24(29)32/h2,5-6,8-11,16-19H,1,3-4,7,12-15H2,(H,36,38)(H,33,34,35). The molecule has 7 nitrogen and oxygen atoms in total. The molecular weight excluding hydrogens is 500 g/mol. The maximum absolute atomic E-state index is 14.4. The molecule has 4 aromatic rings. The third-order valence-corrected chi connectivity index (χ3v) is 6.63. The number of anilines is 3. The molecule has 0 aliphatic carbocycles. The van der Waals surface area contributed by atoms with Gasteiger partial charge in [0.15, 0.2) is 0 Å². The van der Waals surface area contributed by atoms with Crippen LogP contribution in [0.25, 0.3) is 22.0 Å². The van der Waals surface area contributed by atoms with Crippen molar-refractivity contribution >= 4 is 34.0 Å². The monoisotopic (exact) mass is 529 g/mol. The molecule has 0 radical (unpaired) electrons. The predicted octanol–water partition coefficient (Wildman–Crippen LogP) is 6.31. The molecule has 5 rings (SSSR count). The molecule has 2 heterocycles. The maximum Gasteiger partial charge on any atom is 0.247 e. The van der Waals surface area contributed by atoms with Crippen molar-refractivity contribution in [3.63, 3.8) is 0 Å². The summed E-state index contributed by atoms with van der Waals surface area (Å²) >= 11 is 0. The van der Waals surface area contributed by atoms with Gasteiger partial charge >= 0.3 is 0 Å². The number of amides is 1. The number of rotatable bonds is 10. The number of nitrogens with zero attached hydrogens (tertiary/aromatic N) is 3. The lowest BCUT2D eigenvalue weighted by atomic mass is 10.0. The summed E-state index contributed by atoms with van der Waals surface area (Å²) < 4.78 is 34.8. The van der Waals surface area contributed by atoms with Crippen LogP contribution in [-0.2, 0) is 4.79 Å². The summed E-state index contributed by atoms with van der Waals surface area (Å²) in [6, 6.07) is 14.1. The Kier molecular flexibility index (Phi) is 8.07. The number of hydrogen-bond acceptors (Lipinski definition) is 6. The average molecular weight is 530 g/mol. The number of aromatic nitrogens is 2. The lowest BCUT2D eigenvalue weighted by Crippen LogP contribution is -2.22. The van der Waals surface area contributed by atoms with E-state index in [1.807, 2.05) is 0 Å². The largest absolute Gasteiger partial charge is 0.491 e. The summed E-state index contributed by atoms with van der Waals surface area (Å²) in [5.74, 6) is -0.700. The van der Waals surface area contributed by atoms with Crippen LogP contribution in [0.15, 0.2) is 73.6 Å². The van der Waals surface area contributed by atoms with Crippen LogP contribution in [0.3, 0.4) is 0 Å². The lowest BCUT2D eigenvalue weighted by molar-refractivity contribution is -0.111. The van der Waals surface area contributed by atoms with Crippen LogP contribution in [0.1, 0.15) is 19.3 Å². The van der Waals surface area contributed by atoms with Gasteiger partial charge in [-0.1, -0.05) is 24.8 Å². The minimum Gasteiger partial charge on any atom is -0.491 e. The normalized spacial score (nSPS) is 13.4. The van der Waals surface area contributed by atoms with Crippen molar-refractivity contribution in [2.75, 3.05) is 36.9 Å². The van der Waals surface area contributed by atoms with Crippen LogP contribution in [0, 0.1) is 11.6 Å². The molecule has 0 atom stereocenters. The van der Waals surface area contributed by atoms with Gasteiger partial charge in [-0.05, 0) is 74.3 Å². The van der Waals surface area contributed by atoms with Gasteiger partial charge in [-0.15, -0.1) is 0 Å². The number of benzene rings is 3. The van der Waals surface area contributed by atoms with Gasteiger partial charge < -0.3 is 20.3 Å². The number of ether oxygens (including phenoxy) is 1. The number of hydrogen-bond donors (Lipinski definition) is 2. The molecule has 39 heavy (non-hydrogen) atoms. The van der Waals surface area contributed by atoms with Crippen molar-refractivity contribution < 1.29 is 18.3 Å². The Labute approximate surface area is 225 Å². The van der Waals surface area contributed by atoms with E-state index in [4.69, 9.17) is 4.74 Å². The maximum atomic E-state index is 14.4. The third kappa shape index (κ3) is 6.21. The number of fused-ring (bicyclic) bond motifs is 1. The summed E-state index contributed by atoms with van der Waals surface area (Å²) in [6.45, 7) is 7.25. The molecule has 0 saturated carbocycles. The molecule has 1 aromatic heterocycles. The second kappa shape index (κ2) is 12.0. The van der Waals surface area contributed by atoms with Gasteiger partial charge in [0.05, 0.1) is 23.4 Å². The molecule has 0 spiro atoms. The third-order valence-electron chi connectivity index (χ3n) is 6.63. The van der Waals surface area contributed by atoms with Crippen molar-refractivity contribution in [1.29, 1.82) is 0 Å². The molecule has 1 fully saturated rings. The van der Waals surface area contributed by atoms with E-state index in [-0.39, 0.29) is 11.5 Å². The Morgan fingerprint density at radius 3 is 2.59 bits per heavy atom. The van der Waals surface area contributed by atoms with Crippen LogP contribution >= 0.6 is 0 Å². The van der Waals surface area contributed by atoms with Gasteiger partial charge in [0.2, 0.25) is 5.91 Å². The van der Waals surface area contributed by atoms with Crippen molar-refractivity contribution in [2.24, 2.45) is 0 Å². The molecule has 1 amide bonds. The molecule has 0 bridgehead atoms. The zero-order valence-corrected chi connectivity index (χ0v) is 21.4. The summed E-state index contributed by atoms with van der Waals surface area (Å²) in [6.07, 6.45) is 5.95. The van der Waals surface area contributed by atoms with Crippen LogP contribution in [0.2, 0.25) is 0 Å². The Hall–Kier alpha value is -4.37. The van der Waals surface area contributed by atoms with Crippen molar-refractivity contribution in [1.82, 2.24) is 14.9 Å². The Bertz CT molecular complexity index is 1480. The van der Waals surface area contributed by atoms with Crippen molar-refractivity contribution in [3.8, 4) is 16.9 Å². The molecule has 2 N–H and O–H groups in total. The minimum atomic E-state index is -0.643. The van der Waals surface area contributed by atoms with E-state index in [0.29, 0.717) is 46.0 Å². The van der Waals surface area contributed by atoms with E-state index >= 15 is 0 Å². The molecule has 0 unspecified atom stereocenters. The molecule has 9 heteroatoms. The molecule has 200 valence electrons.